The number of hydrogen-bond acceptors (Lipinski definition) is 3. The van der Waals surface area contributed by atoms with Crippen LogP contribution < -0.4 is 0 Å². The molecule has 3 nitrogen and oxygen atoms in total. The average Bonchev–Trinajstić information content (AvgIpc) is 2.64. The Balaban J connectivity index is 2.26. The second-order valence-corrected chi connectivity index (χ2v) is 4.93. The third-order valence-corrected chi connectivity index (χ3v) is 3.53. The van der Waals surface area contributed by atoms with E-state index in [-0.39, 0.29) is 10.8 Å². The summed E-state index contributed by atoms with van der Waals surface area (Å²) >= 11 is 1.27. The van der Waals surface area contributed by atoms with Gasteiger partial charge in [-0.25, -0.2) is 8.78 Å². The Morgan fingerprint density at radius 2 is 1.94 bits per heavy atom. The first-order valence-corrected chi connectivity index (χ1v) is 5.92. The van der Waals surface area contributed by atoms with Crippen molar-refractivity contribution >= 4 is 11.8 Å². The number of nitrogens with zero attached hydrogens (tertiary/aromatic N) is 3. The van der Waals surface area contributed by atoms with E-state index in [0.717, 1.165) is 0 Å². The highest BCUT2D eigenvalue weighted by Crippen LogP contribution is 2.35. The van der Waals surface area contributed by atoms with Crippen LogP contribution in [-0.4, -0.2) is 14.8 Å². The lowest BCUT2D eigenvalue weighted by Gasteiger charge is -2.12. The maximum Gasteiger partial charge on any atom is 0.191 e. The van der Waals surface area contributed by atoms with Gasteiger partial charge < -0.3 is 4.57 Å². The summed E-state index contributed by atoms with van der Waals surface area (Å²) in [6, 6.07) is 3.87. The zero-order valence-corrected chi connectivity index (χ0v) is 10.2. The van der Waals surface area contributed by atoms with Crippen molar-refractivity contribution in [3.05, 3.63) is 41.7 Å². The molecule has 0 fully saturated rings. The van der Waals surface area contributed by atoms with Gasteiger partial charge >= 0.3 is 0 Å². The first-order valence-electron chi connectivity index (χ1n) is 5.04. The summed E-state index contributed by atoms with van der Waals surface area (Å²) < 4.78 is 28.8. The fourth-order valence-corrected chi connectivity index (χ4v) is 2.46. The second kappa shape index (κ2) is 4.83. The molecule has 1 atom stereocenters. The molecular formula is C11H11F2N3S. The molecule has 1 heterocycles. The molecule has 0 bridgehead atoms. The lowest BCUT2D eigenvalue weighted by Crippen LogP contribution is -2.00. The molecule has 0 N–H and O–H groups in total. The van der Waals surface area contributed by atoms with Crippen molar-refractivity contribution in [1.29, 1.82) is 0 Å². The molecule has 0 aliphatic rings. The van der Waals surface area contributed by atoms with E-state index >= 15 is 0 Å². The minimum absolute atomic E-state index is 0.0699. The highest BCUT2D eigenvalue weighted by atomic mass is 32.2. The Morgan fingerprint density at radius 1 is 1.29 bits per heavy atom. The van der Waals surface area contributed by atoms with Gasteiger partial charge in [0.25, 0.3) is 0 Å². The number of benzene rings is 1. The number of halogens is 2. The molecular weight excluding hydrogens is 244 g/mol. The molecule has 2 aromatic rings. The monoisotopic (exact) mass is 255 g/mol. The molecule has 0 radical (unpaired) electrons. The fourth-order valence-electron chi connectivity index (χ4n) is 1.50. The highest BCUT2D eigenvalue weighted by molar-refractivity contribution is 7.99. The lowest BCUT2D eigenvalue weighted by molar-refractivity contribution is 0.557. The van der Waals surface area contributed by atoms with Crippen LogP contribution in [-0.2, 0) is 7.05 Å². The Bertz CT molecular complexity index is 507. The molecule has 2 rings (SSSR count). The van der Waals surface area contributed by atoms with E-state index in [1.165, 1.54) is 30.0 Å². The van der Waals surface area contributed by atoms with Crippen molar-refractivity contribution in [3.8, 4) is 0 Å². The molecule has 6 heteroatoms. The maximum atomic E-state index is 13.5. The molecule has 0 aliphatic carbocycles. The molecule has 90 valence electrons. The summed E-state index contributed by atoms with van der Waals surface area (Å²) in [6.07, 6.45) is 1.55. The number of aromatic nitrogens is 3. The summed E-state index contributed by atoms with van der Waals surface area (Å²) in [5.41, 5.74) is 0.0699. The second-order valence-electron chi connectivity index (χ2n) is 3.62. The number of aryl methyl sites for hydroxylation is 1. The summed E-state index contributed by atoms with van der Waals surface area (Å²) in [6.45, 7) is 1.74. The van der Waals surface area contributed by atoms with Crippen LogP contribution in [0.4, 0.5) is 8.78 Å². The summed E-state index contributed by atoms with van der Waals surface area (Å²) in [5.74, 6) is -1.07. The van der Waals surface area contributed by atoms with E-state index in [9.17, 15) is 8.78 Å². The van der Waals surface area contributed by atoms with Gasteiger partial charge in [0.15, 0.2) is 5.16 Å². The molecule has 0 saturated heterocycles. The van der Waals surface area contributed by atoms with Gasteiger partial charge in [-0.2, -0.15) is 0 Å². The largest absolute Gasteiger partial charge is 0.312 e. The number of hydrogen-bond donors (Lipinski definition) is 0. The fraction of sp³-hybridized carbons (Fsp3) is 0.273. The van der Waals surface area contributed by atoms with Crippen LogP contribution in [0.1, 0.15) is 17.7 Å². The van der Waals surface area contributed by atoms with Gasteiger partial charge in [0.05, 0.1) is 0 Å². The smallest absolute Gasteiger partial charge is 0.191 e. The predicted molar refractivity (Wildman–Crippen MR) is 61.6 cm³/mol. The molecule has 0 amide bonds. The molecule has 1 aromatic carbocycles. The topological polar surface area (TPSA) is 30.7 Å². The van der Waals surface area contributed by atoms with Gasteiger partial charge in [-0.15, -0.1) is 10.2 Å². The zero-order chi connectivity index (χ0) is 12.4. The minimum Gasteiger partial charge on any atom is -0.312 e. The normalized spacial score (nSPS) is 12.7. The lowest BCUT2D eigenvalue weighted by atomic mass is 10.1. The van der Waals surface area contributed by atoms with E-state index in [0.29, 0.717) is 5.16 Å². The van der Waals surface area contributed by atoms with Gasteiger partial charge in [-0.05, 0) is 19.1 Å². The van der Waals surface area contributed by atoms with Crippen molar-refractivity contribution in [1.82, 2.24) is 14.8 Å². The van der Waals surface area contributed by atoms with E-state index in [1.807, 2.05) is 0 Å². The van der Waals surface area contributed by atoms with Gasteiger partial charge in [-0.3, -0.25) is 0 Å². The van der Waals surface area contributed by atoms with Crippen molar-refractivity contribution < 1.29 is 8.78 Å². The molecule has 0 spiro atoms. The molecule has 0 aliphatic heterocycles. The van der Waals surface area contributed by atoms with E-state index in [4.69, 9.17) is 0 Å². The standard InChI is InChI=1S/C11H11F2N3S/c1-7(17-11-15-14-6-16(11)2)10-8(12)4-3-5-9(10)13/h3-7H,1-2H3. The molecule has 1 aromatic heterocycles. The van der Waals surface area contributed by atoms with Gasteiger partial charge in [0, 0.05) is 17.9 Å². The zero-order valence-electron chi connectivity index (χ0n) is 9.39. The van der Waals surface area contributed by atoms with Crippen LogP contribution in [0.3, 0.4) is 0 Å². The molecule has 0 saturated carbocycles. The number of rotatable bonds is 3. The number of thioether (sulfide) groups is 1. The van der Waals surface area contributed by atoms with Crippen LogP contribution in [0.2, 0.25) is 0 Å². The van der Waals surface area contributed by atoms with Crippen LogP contribution in [0.25, 0.3) is 0 Å². The van der Waals surface area contributed by atoms with Gasteiger partial charge in [-0.1, -0.05) is 17.8 Å². The SMILES string of the molecule is CC(Sc1nncn1C)c1c(F)cccc1F. The van der Waals surface area contributed by atoms with E-state index in [2.05, 4.69) is 10.2 Å². The van der Waals surface area contributed by atoms with Crippen molar-refractivity contribution in [2.45, 2.75) is 17.3 Å². The van der Waals surface area contributed by atoms with Crippen molar-refractivity contribution in [3.63, 3.8) is 0 Å². The maximum absolute atomic E-state index is 13.5. The van der Waals surface area contributed by atoms with Crippen molar-refractivity contribution in [2.24, 2.45) is 7.05 Å². The Kier molecular flexibility index (Phi) is 3.42. The Morgan fingerprint density at radius 3 is 2.47 bits per heavy atom. The first kappa shape index (κ1) is 12.0. The average molecular weight is 255 g/mol. The van der Waals surface area contributed by atoms with Gasteiger partial charge in [0.1, 0.15) is 18.0 Å². The van der Waals surface area contributed by atoms with E-state index < -0.39 is 11.6 Å². The van der Waals surface area contributed by atoms with Crippen LogP contribution in [0.5, 0.6) is 0 Å². The summed E-state index contributed by atoms with van der Waals surface area (Å²) in [7, 11) is 1.78. The highest BCUT2D eigenvalue weighted by Gasteiger charge is 2.18. The molecule has 17 heavy (non-hydrogen) atoms. The molecule has 1 unspecified atom stereocenters. The summed E-state index contributed by atoms with van der Waals surface area (Å²) in [5, 5.41) is 7.85. The van der Waals surface area contributed by atoms with Gasteiger partial charge in [0.2, 0.25) is 0 Å². The summed E-state index contributed by atoms with van der Waals surface area (Å²) in [4.78, 5) is 0. The van der Waals surface area contributed by atoms with Crippen LogP contribution in [0, 0.1) is 11.6 Å². The Hall–Kier alpha value is -1.43. The quantitative estimate of drug-likeness (QED) is 0.790. The first-order chi connectivity index (χ1) is 8.09. The van der Waals surface area contributed by atoms with Crippen LogP contribution >= 0.6 is 11.8 Å². The third kappa shape index (κ3) is 2.46. The van der Waals surface area contributed by atoms with Crippen LogP contribution in [0.15, 0.2) is 29.7 Å². The Labute approximate surface area is 102 Å². The van der Waals surface area contributed by atoms with E-state index in [1.54, 1.807) is 24.9 Å². The van der Waals surface area contributed by atoms with Crippen molar-refractivity contribution in [2.75, 3.05) is 0 Å². The third-order valence-electron chi connectivity index (χ3n) is 2.36. The minimum atomic E-state index is -0.535. The predicted octanol–water partition coefficient (Wildman–Crippen LogP) is 2.95.